The highest BCUT2D eigenvalue weighted by atomic mass is 32.1. The third kappa shape index (κ3) is 4.46. The molecule has 0 unspecified atom stereocenters. The van der Waals surface area contributed by atoms with Gasteiger partial charge in [-0.2, -0.15) is 0 Å². The zero-order valence-corrected chi connectivity index (χ0v) is 15.8. The number of nitrogens with one attached hydrogen (secondary N) is 2. The molecular formula is C21H22N4OS. The summed E-state index contributed by atoms with van der Waals surface area (Å²) in [4.78, 5) is 6.83. The second-order valence-corrected chi connectivity index (χ2v) is 6.95. The SMILES string of the molecule is S=C(NCc1ccc(-c2ccccc2)o1)Nc1ccc(N2CCCC2)nc1. The number of aromatic nitrogens is 1. The molecule has 5 nitrogen and oxygen atoms in total. The van der Waals surface area contributed by atoms with Gasteiger partial charge in [0.15, 0.2) is 5.11 Å². The van der Waals surface area contributed by atoms with Crippen LogP contribution in [0.3, 0.4) is 0 Å². The first-order valence-electron chi connectivity index (χ1n) is 9.18. The molecule has 27 heavy (non-hydrogen) atoms. The summed E-state index contributed by atoms with van der Waals surface area (Å²) in [7, 11) is 0. The molecule has 6 heteroatoms. The Balaban J connectivity index is 1.29. The third-order valence-electron chi connectivity index (χ3n) is 4.58. The summed E-state index contributed by atoms with van der Waals surface area (Å²) in [5, 5.41) is 6.88. The number of thiocarbonyl (C=S) groups is 1. The lowest BCUT2D eigenvalue weighted by molar-refractivity contribution is 0.516. The Morgan fingerprint density at radius 1 is 1.04 bits per heavy atom. The van der Waals surface area contributed by atoms with Gasteiger partial charge in [-0.1, -0.05) is 30.3 Å². The minimum absolute atomic E-state index is 0.526. The second-order valence-electron chi connectivity index (χ2n) is 6.54. The van der Waals surface area contributed by atoms with Gasteiger partial charge < -0.3 is 20.0 Å². The summed E-state index contributed by atoms with van der Waals surface area (Å²) >= 11 is 5.37. The Kier molecular flexibility index (Phi) is 5.34. The summed E-state index contributed by atoms with van der Waals surface area (Å²) in [5.74, 6) is 2.72. The number of benzene rings is 1. The van der Waals surface area contributed by atoms with Crippen molar-refractivity contribution in [2.75, 3.05) is 23.3 Å². The van der Waals surface area contributed by atoms with Gasteiger partial charge in [-0.3, -0.25) is 0 Å². The van der Waals surface area contributed by atoms with Crippen molar-refractivity contribution in [3.05, 3.63) is 66.6 Å². The minimum atomic E-state index is 0.526. The Morgan fingerprint density at radius 2 is 1.85 bits per heavy atom. The van der Waals surface area contributed by atoms with Crippen molar-refractivity contribution in [3.8, 4) is 11.3 Å². The van der Waals surface area contributed by atoms with Crippen molar-refractivity contribution in [2.24, 2.45) is 0 Å². The average molecular weight is 379 g/mol. The van der Waals surface area contributed by atoms with Crippen LogP contribution in [0.5, 0.6) is 0 Å². The Bertz CT molecular complexity index is 886. The molecule has 0 radical (unpaired) electrons. The third-order valence-corrected chi connectivity index (χ3v) is 4.83. The highest BCUT2D eigenvalue weighted by Crippen LogP contribution is 2.22. The van der Waals surface area contributed by atoms with Crippen LogP contribution in [-0.2, 0) is 6.54 Å². The summed E-state index contributed by atoms with van der Waals surface area (Å²) in [6.07, 6.45) is 4.31. The molecule has 3 aromatic rings. The number of anilines is 2. The van der Waals surface area contributed by atoms with Gasteiger partial charge in [0, 0.05) is 18.7 Å². The second kappa shape index (κ2) is 8.22. The largest absolute Gasteiger partial charge is 0.459 e. The van der Waals surface area contributed by atoms with E-state index in [1.54, 1.807) is 0 Å². The molecule has 0 aliphatic carbocycles. The lowest BCUT2D eigenvalue weighted by Gasteiger charge is -2.16. The number of rotatable bonds is 5. The molecule has 0 atom stereocenters. The van der Waals surface area contributed by atoms with E-state index in [2.05, 4.69) is 20.5 Å². The maximum atomic E-state index is 5.88. The standard InChI is InChI=1S/C21H22N4OS/c27-21(24-17-8-11-20(22-14-17)25-12-4-5-13-25)23-15-18-9-10-19(26-18)16-6-2-1-3-7-16/h1-3,6-11,14H,4-5,12-13,15H2,(H2,23,24,27). The summed E-state index contributed by atoms with van der Waals surface area (Å²) in [6, 6.07) is 18.0. The van der Waals surface area contributed by atoms with Gasteiger partial charge in [-0.25, -0.2) is 4.98 Å². The van der Waals surface area contributed by atoms with E-state index in [0.29, 0.717) is 11.7 Å². The van der Waals surface area contributed by atoms with Crippen molar-refractivity contribution < 1.29 is 4.42 Å². The summed E-state index contributed by atoms with van der Waals surface area (Å²) in [6.45, 7) is 2.71. The van der Waals surface area contributed by atoms with Crippen molar-refractivity contribution in [3.63, 3.8) is 0 Å². The molecule has 1 aliphatic heterocycles. The van der Waals surface area contributed by atoms with Crippen LogP contribution in [-0.4, -0.2) is 23.2 Å². The van der Waals surface area contributed by atoms with E-state index in [1.807, 2.05) is 60.8 Å². The zero-order chi connectivity index (χ0) is 18.5. The Hall–Kier alpha value is -2.86. The van der Waals surface area contributed by atoms with E-state index in [1.165, 1.54) is 12.8 Å². The topological polar surface area (TPSA) is 53.3 Å². The fourth-order valence-corrected chi connectivity index (χ4v) is 3.36. The molecule has 0 amide bonds. The van der Waals surface area contributed by atoms with Crippen LogP contribution < -0.4 is 15.5 Å². The number of hydrogen-bond acceptors (Lipinski definition) is 4. The van der Waals surface area contributed by atoms with Crippen molar-refractivity contribution in [1.29, 1.82) is 0 Å². The Labute approximate surface area is 164 Å². The van der Waals surface area contributed by atoms with E-state index in [0.717, 1.165) is 41.7 Å². The van der Waals surface area contributed by atoms with Crippen LogP contribution in [0.4, 0.5) is 11.5 Å². The molecule has 1 fully saturated rings. The molecular weight excluding hydrogens is 356 g/mol. The molecule has 0 saturated carbocycles. The van der Waals surface area contributed by atoms with Gasteiger partial charge in [0.05, 0.1) is 18.4 Å². The van der Waals surface area contributed by atoms with Gasteiger partial charge >= 0.3 is 0 Å². The van der Waals surface area contributed by atoms with E-state index >= 15 is 0 Å². The van der Waals surface area contributed by atoms with Crippen LogP contribution in [0.2, 0.25) is 0 Å². The minimum Gasteiger partial charge on any atom is -0.459 e. The van der Waals surface area contributed by atoms with Crippen LogP contribution in [0.25, 0.3) is 11.3 Å². The zero-order valence-electron chi connectivity index (χ0n) is 15.0. The van der Waals surface area contributed by atoms with E-state index in [4.69, 9.17) is 16.6 Å². The van der Waals surface area contributed by atoms with Crippen LogP contribution >= 0.6 is 12.2 Å². The van der Waals surface area contributed by atoms with Gasteiger partial charge in [0.2, 0.25) is 0 Å². The number of hydrogen-bond donors (Lipinski definition) is 2. The molecule has 3 heterocycles. The van der Waals surface area contributed by atoms with E-state index in [9.17, 15) is 0 Å². The van der Waals surface area contributed by atoms with E-state index < -0.39 is 0 Å². The first-order valence-corrected chi connectivity index (χ1v) is 9.59. The molecule has 4 rings (SSSR count). The lowest BCUT2D eigenvalue weighted by Crippen LogP contribution is -2.27. The van der Waals surface area contributed by atoms with Crippen molar-refractivity contribution in [1.82, 2.24) is 10.3 Å². The fourth-order valence-electron chi connectivity index (χ4n) is 3.17. The van der Waals surface area contributed by atoms with Crippen molar-refractivity contribution >= 4 is 28.8 Å². The lowest BCUT2D eigenvalue weighted by atomic mass is 10.2. The molecule has 1 aromatic carbocycles. The summed E-state index contributed by atoms with van der Waals surface area (Å²) < 4.78 is 5.88. The Morgan fingerprint density at radius 3 is 2.59 bits per heavy atom. The first kappa shape index (κ1) is 17.5. The molecule has 2 N–H and O–H groups in total. The van der Waals surface area contributed by atoms with Gasteiger partial charge in [0.25, 0.3) is 0 Å². The highest BCUT2D eigenvalue weighted by Gasteiger charge is 2.13. The number of nitrogens with zero attached hydrogens (tertiary/aromatic N) is 2. The van der Waals surface area contributed by atoms with E-state index in [-0.39, 0.29) is 0 Å². The normalized spacial score (nSPS) is 13.6. The predicted octanol–water partition coefficient (Wildman–Crippen LogP) is 4.43. The molecule has 0 bridgehead atoms. The quantitative estimate of drug-likeness (QED) is 0.641. The number of pyridine rings is 1. The summed E-state index contributed by atoms with van der Waals surface area (Å²) in [5.41, 5.74) is 1.94. The monoisotopic (exact) mass is 378 g/mol. The van der Waals surface area contributed by atoms with Crippen LogP contribution in [0, 0.1) is 0 Å². The van der Waals surface area contributed by atoms with Gasteiger partial charge in [-0.05, 0) is 49.3 Å². The molecule has 0 spiro atoms. The number of furan rings is 1. The maximum Gasteiger partial charge on any atom is 0.171 e. The molecule has 1 saturated heterocycles. The molecule has 2 aromatic heterocycles. The smallest absolute Gasteiger partial charge is 0.171 e. The molecule has 138 valence electrons. The fraction of sp³-hybridized carbons (Fsp3) is 0.238. The maximum absolute atomic E-state index is 5.88. The van der Waals surface area contributed by atoms with Crippen LogP contribution in [0.15, 0.2) is 65.2 Å². The molecule has 1 aliphatic rings. The van der Waals surface area contributed by atoms with Gasteiger partial charge in [-0.15, -0.1) is 0 Å². The van der Waals surface area contributed by atoms with Gasteiger partial charge in [0.1, 0.15) is 17.3 Å². The average Bonchev–Trinajstić information content (AvgIpc) is 3.40. The highest BCUT2D eigenvalue weighted by molar-refractivity contribution is 7.80. The predicted molar refractivity (Wildman–Crippen MR) is 113 cm³/mol. The van der Waals surface area contributed by atoms with Crippen LogP contribution in [0.1, 0.15) is 18.6 Å². The first-order chi connectivity index (χ1) is 13.3. The van der Waals surface area contributed by atoms with Crippen molar-refractivity contribution in [2.45, 2.75) is 19.4 Å².